The maximum absolute atomic E-state index is 5.64. The lowest BCUT2D eigenvalue weighted by Gasteiger charge is -2.26. The van der Waals surface area contributed by atoms with Crippen LogP contribution >= 0.6 is 0 Å². The summed E-state index contributed by atoms with van der Waals surface area (Å²) in [7, 11) is 2.16. The third-order valence-corrected chi connectivity index (χ3v) is 4.08. The van der Waals surface area contributed by atoms with E-state index in [1.54, 1.807) is 0 Å². The molecular weight excluding hydrogens is 262 g/mol. The molecule has 118 valence electrons. The number of likely N-dealkylation sites (N-methyl/N-ethyl adjacent to an activating group) is 1. The number of rotatable bonds is 7. The van der Waals surface area contributed by atoms with Crippen molar-refractivity contribution in [2.24, 2.45) is 5.92 Å². The molecule has 1 fully saturated rings. The predicted octanol–water partition coefficient (Wildman–Crippen LogP) is 2.44. The van der Waals surface area contributed by atoms with Crippen LogP contribution in [0.2, 0.25) is 0 Å². The second kappa shape index (κ2) is 7.87. The molecule has 0 radical (unpaired) electrons. The second-order valence-electron chi connectivity index (χ2n) is 6.53. The molecule has 1 aromatic rings. The van der Waals surface area contributed by atoms with Gasteiger partial charge in [-0.05, 0) is 44.5 Å². The van der Waals surface area contributed by atoms with Crippen LogP contribution in [0.4, 0.5) is 0 Å². The van der Waals surface area contributed by atoms with Gasteiger partial charge >= 0.3 is 0 Å². The number of hydrogen-bond donors (Lipinski definition) is 1. The van der Waals surface area contributed by atoms with E-state index in [1.165, 1.54) is 5.56 Å². The van der Waals surface area contributed by atoms with Gasteiger partial charge in [-0.2, -0.15) is 0 Å². The average Bonchev–Trinajstić information content (AvgIpc) is 2.87. The lowest BCUT2D eigenvalue weighted by Crippen LogP contribution is -2.36. The summed E-state index contributed by atoms with van der Waals surface area (Å²) in [6.45, 7) is 10.3. The van der Waals surface area contributed by atoms with E-state index in [0.29, 0.717) is 18.1 Å². The number of pyridine rings is 1. The molecule has 2 rings (SSSR count). The van der Waals surface area contributed by atoms with Gasteiger partial charge in [0.1, 0.15) is 0 Å². The highest BCUT2D eigenvalue weighted by atomic mass is 16.5. The molecule has 4 heteroatoms. The van der Waals surface area contributed by atoms with Crippen LogP contribution in [-0.2, 0) is 17.8 Å². The Morgan fingerprint density at radius 2 is 2.24 bits per heavy atom. The number of hydrogen-bond acceptors (Lipinski definition) is 4. The molecule has 1 N–H and O–H groups in total. The predicted molar refractivity (Wildman–Crippen MR) is 86.1 cm³/mol. The Hall–Kier alpha value is -0.970. The first-order valence-corrected chi connectivity index (χ1v) is 8.02. The van der Waals surface area contributed by atoms with Crippen molar-refractivity contribution < 1.29 is 4.74 Å². The fraction of sp³-hybridized carbons (Fsp3) is 0.706. The minimum atomic E-state index is 0.328. The largest absolute Gasteiger partial charge is 0.377 e. The van der Waals surface area contributed by atoms with Crippen LogP contribution in [0.1, 0.15) is 38.4 Å². The molecule has 1 aliphatic heterocycles. The highest BCUT2D eigenvalue weighted by molar-refractivity contribution is 5.14. The quantitative estimate of drug-likeness (QED) is 0.837. The first-order valence-electron chi connectivity index (χ1n) is 8.02. The normalized spacial score (nSPS) is 22.4. The van der Waals surface area contributed by atoms with Gasteiger partial charge in [0.25, 0.3) is 0 Å². The molecule has 21 heavy (non-hydrogen) atoms. The summed E-state index contributed by atoms with van der Waals surface area (Å²) in [5.74, 6) is 0.682. The molecule has 2 unspecified atom stereocenters. The number of nitrogens with zero attached hydrogens (tertiary/aromatic N) is 2. The lowest BCUT2D eigenvalue weighted by atomic mass is 10.1. The summed E-state index contributed by atoms with van der Waals surface area (Å²) in [6, 6.07) is 4.83. The van der Waals surface area contributed by atoms with E-state index in [4.69, 9.17) is 4.74 Å². The molecule has 1 aromatic heterocycles. The molecule has 0 saturated carbocycles. The van der Waals surface area contributed by atoms with E-state index in [2.05, 4.69) is 55.2 Å². The molecule has 1 saturated heterocycles. The van der Waals surface area contributed by atoms with Gasteiger partial charge in [0.2, 0.25) is 0 Å². The van der Waals surface area contributed by atoms with Crippen molar-refractivity contribution in [3.8, 4) is 0 Å². The Kier molecular flexibility index (Phi) is 6.15. The molecule has 4 nitrogen and oxygen atoms in total. The van der Waals surface area contributed by atoms with Crippen molar-refractivity contribution >= 4 is 0 Å². The maximum atomic E-state index is 5.64. The smallest absolute Gasteiger partial charge is 0.0703 e. The summed E-state index contributed by atoms with van der Waals surface area (Å²) in [6.07, 6.45) is 3.44. The van der Waals surface area contributed by atoms with Crippen molar-refractivity contribution in [2.75, 3.05) is 20.2 Å². The van der Waals surface area contributed by atoms with Crippen molar-refractivity contribution in [1.82, 2.24) is 15.2 Å². The fourth-order valence-corrected chi connectivity index (χ4v) is 2.83. The molecule has 0 spiro atoms. The molecule has 0 bridgehead atoms. The van der Waals surface area contributed by atoms with E-state index in [1.807, 2.05) is 6.20 Å². The standard InChI is InChI=1S/C17H29N3O/c1-13(2)9-18-10-15-5-6-16(19-11-15)12-20(4)17-7-8-21-14(17)3/h5-6,11,13-14,17-18H,7-10,12H2,1-4H3. The van der Waals surface area contributed by atoms with Crippen LogP contribution in [0.15, 0.2) is 18.3 Å². The van der Waals surface area contributed by atoms with E-state index >= 15 is 0 Å². The van der Waals surface area contributed by atoms with E-state index in [-0.39, 0.29) is 0 Å². The van der Waals surface area contributed by atoms with Crippen molar-refractivity contribution in [2.45, 2.75) is 52.4 Å². The van der Waals surface area contributed by atoms with Crippen LogP contribution in [0, 0.1) is 5.92 Å². The zero-order valence-electron chi connectivity index (χ0n) is 13.8. The molecule has 2 heterocycles. The zero-order valence-corrected chi connectivity index (χ0v) is 13.8. The monoisotopic (exact) mass is 291 g/mol. The first-order chi connectivity index (χ1) is 10.1. The Labute approximate surface area is 128 Å². The van der Waals surface area contributed by atoms with Crippen LogP contribution in [0.25, 0.3) is 0 Å². The highest BCUT2D eigenvalue weighted by Crippen LogP contribution is 2.19. The van der Waals surface area contributed by atoms with Gasteiger partial charge in [-0.25, -0.2) is 0 Å². The Morgan fingerprint density at radius 3 is 2.81 bits per heavy atom. The van der Waals surface area contributed by atoms with Crippen LogP contribution < -0.4 is 5.32 Å². The maximum Gasteiger partial charge on any atom is 0.0703 e. The Morgan fingerprint density at radius 1 is 1.43 bits per heavy atom. The highest BCUT2D eigenvalue weighted by Gasteiger charge is 2.27. The van der Waals surface area contributed by atoms with E-state index < -0.39 is 0 Å². The molecular formula is C17H29N3O. The van der Waals surface area contributed by atoms with E-state index in [9.17, 15) is 0 Å². The van der Waals surface area contributed by atoms with Gasteiger partial charge in [0, 0.05) is 31.9 Å². The Balaban J connectivity index is 1.81. The number of ether oxygens (including phenoxy) is 1. The first kappa shape index (κ1) is 16.4. The van der Waals surface area contributed by atoms with Crippen molar-refractivity contribution in [3.63, 3.8) is 0 Å². The van der Waals surface area contributed by atoms with Gasteiger partial charge in [-0.3, -0.25) is 9.88 Å². The fourth-order valence-electron chi connectivity index (χ4n) is 2.83. The summed E-state index contributed by atoms with van der Waals surface area (Å²) in [5.41, 5.74) is 2.38. The topological polar surface area (TPSA) is 37.4 Å². The summed E-state index contributed by atoms with van der Waals surface area (Å²) >= 11 is 0. The zero-order chi connectivity index (χ0) is 15.2. The third kappa shape index (κ3) is 5.06. The Bertz CT molecular complexity index is 419. The molecule has 0 aliphatic carbocycles. The molecule has 0 amide bonds. The SMILES string of the molecule is CC(C)CNCc1ccc(CN(C)C2CCOC2C)nc1. The number of nitrogens with one attached hydrogen (secondary N) is 1. The molecule has 2 atom stereocenters. The van der Waals surface area contributed by atoms with Gasteiger partial charge in [-0.1, -0.05) is 19.9 Å². The second-order valence-corrected chi connectivity index (χ2v) is 6.53. The lowest BCUT2D eigenvalue weighted by molar-refractivity contribution is 0.0810. The summed E-state index contributed by atoms with van der Waals surface area (Å²) in [5, 5.41) is 3.44. The minimum absolute atomic E-state index is 0.328. The van der Waals surface area contributed by atoms with Crippen molar-refractivity contribution in [3.05, 3.63) is 29.6 Å². The minimum Gasteiger partial charge on any atom is -0.377 e. The van der Waals surface area contributed by atoms with E-state index in [0.717, 1.165) is 38.4 Å². The van der Waals surface area contributed by atoms with Gasteiger partial charge < -0.3 is 10.1 Å². The molecule has 0 aromatic carbocycles. The van der Waals surface area contributed by atoms with Crippen molar-refractivity contribution in [1.29, 1.82) is 0 Å². The van der Waals surface area contributed by atoms with Gasteiger partial charge in [0.15, 0.2) is 0 Å². The van der Waals surface area contributed by atoms with Crippen LogP contribution in [0.3, 0.4) is 0 Å². The number of aromatic nitrogens is 1. The van der Waals surface area contributed by atoms with Gasteiger partial charge in [0.05, 0.1) is 11.8 Å². The van der Waals surface area contributed by atoms with Crippen LogP contribution in [-0.4, -0.2) is 42.2 Å². The van der Waals surface area contributed by atoms with Gasteiger partial charge in [-0.15, -0.1) is 0 Å². The average molecular weight is 291 g/mol. The summed E-state index contributed by atoms with van der Waals surface area (Å²) in [4.78, 5) is 6.95. The third-order valence-electron chi connectivity index (χ3n) is 4.08. The summed E-state index contributed by atoms with van der Waals surface area (Å²) < 4.78 is 5.64. The molecule has 1 aliphatic rings. The van der Waals surface area contributed by atoms with Crippen LogP contribution in [0.5, 0.6) is 0 Å².